The smallest absolute Gasteiger partial charge is 0.338 e. The zero-order chi connectivity index (χ0) is 14.9. The molecule has 1 saturated heterocycles. The molecule has 20 heavy (non-hydrogen) atoms. The van der Waals surface area contributed by atoms with E-state index in [0.717, 1.165) is 25.5 Å². The van der Waals surface area contributed by atoms with Crippen LogP contribution >= 0.6 is 0 Å². The van der Waals surface area contributed by atoms with Crippen molar-refractivity contribution < 1.29 is 18.7 Å². The van der Waals surface area contributed by atoms with Crippen LogP contribution in [0.1, 0.15) is 23.2 Å². The van der Waals surface area contributed by atoms with E-state index in [2.05, 4.69) is 4.90 Å². The van der Waals surface area contributed by atoms with Crippen molar-refractivity contribution in [2.75, 3.05) is 32.1 Å². The minimum atomic E-state index is -1.47. The van der Waals surface area contributed by atoms with Gasteiger partial charge >= 0.3 is 5.97 Å². The summed E-state index contributed by atoms with van der Waals surface area (Å²) in [4.78, 5) is 14.6. The first kappa shape index (κ1) is 14.7. The maximum absolute atomic E-state index is 14.0. The van der Waals surface area contributed by atoms with Crippen molar-refractivity contribution >= 4 is 11.7 Å². The monoisotopic (exact) mass is 284 g/mol. The lowest BCUT2D eigenvalue weighted by molar-refractivity contribution is 0.0690. The number of rotatable bonds is 4. The Morgan fingerprint density at radius 3 is 2.70 bits per heavy atom. The van der Waals surface area contributed by atoms with Crippen LogP contribution in [0.25, 0.3) is 0 Å². The molecule has 0 aliphatic carbocycles. The highest BCUT2D eigenvalue weighted by Crippen LogP contribution is 2.25. The number of benzene rings is 1. The molecule has 0 radical (unpaired) electrons. The van der Waals surface area contributed by atoms with Crippen LogP contribution in [0.2, 0.25) is 0 Å². The van der Waals surface area contributed by atoms with Crippen LogP contribution in [-0.2, 0) is 0 Å². The molecule has 1 unspecified atom stereocenters. The van der Waals surface area contributed by atoms with Crippen LogP contribution in [0.3, 0.4) is 0 Å². The number of nitrogens with zero attached hydrogens (tertiary/aromatic N) is 2. The first-order valence-electron chi connectivity index (χ1n) is 6.54. The third-order valence-electron chi connectivity index (χ3n) is 3.86. The van der Waals surface area contributed by atoms with Crippen molar-refractivity contribution in [2.45, 2.75) is 18.9 Å². The molecule has 110 valence electrons. The van der Waals surface area contributed by atoms with E-state index < -0.39 is 23.2 Å². The summed E-state index contributed by atoms with van der Waals surface area (Å²) in [6.07, 6.45) is 2.13. The zero-order valence-corrected chi connectivity index (χ0v) is 11.6. The lowest BCUT2D eigenvalue weighted by atomic mass is 10.1. The molecule has 0 saturated carbocycles. The van der Waals surface area contributed by atoms with E-state index in [1.165, 1.54) is 6.07 Å². The second kappa shape index (κ2) is 5.75. The van der Waals surface area contributed by atoms with Gasteiger partial charge in [0.05, 0.1) is 11.3 Å². The molecule has 0 bridgehead atoms. The van der Waals surface area contributed by atoms with Crippen molar-refractivity contribution in [3.8, 4) is 0 Å². The molecule has 1 aromatic carbocycles. The Labute approximate surface area is 116 Å². The summed E-state index contributed by atoms with van der Waals surface area (Å²) >= 11 is 0. The number of likely N-dealkylation sites (N-methyl/N-ethyl adjacent to an activating group) is 2. The zero-order valence-electron chi connectivity index (χ0n) is 11.6. The maximum atomic E-state index is 14.0. The van der Waals surface area contributed by atoms with Gasteiger partial charge in [-0.2, -0.15) is 0 Å². The molecule has 4 nitrogen and oxygen atoms in total. The first-order valence-corrected chi connectivity index (χ1v) is 6.54. The Balaban J connectivity index is 2.20. The van der Waals surface area contributed by atoms with E-state index in [0.29, 0.717) is 12.6 Å². The molecular formula is C14H18F2N2O2. The summed E-state index contributed by atoms with van der Waals surface area (Å²) in [6.45, 7) is 1.59. The largest absolute Gasteiger partial charge is 0.478 e. The van der Waals surface area contributed by atoms with Gasteiger partial charge in [-0.1, -0.05) is 0 Å². The normalized spacial score (nSPS) is 19.3. The van der Waals surface area contributed by atoms with Gasteiger partial charge in [0, 0.05) is 19.6 Å². The van der Waals surface area contributed by atoms with Crippen molar-refractivity contribution in [3.63, 3.8) is 0 Å². The first-order chi connectivity index (χ1) is 9.41. The molecule has 0 spiro atoms. The van der Waals surface area contributed by atoms with Gasteiger partial charge in [0.2, 0.25) is 0 Å². The number of likely N-dealkylation sites (tertiary alicyclic amines) is 1. The molecule has 1 heterocycles. The van der Waals surface area contributed by atoms with E-state index in [1.54, 1.807) is 11.9 Å². The van der Waals surface area contributed by atoms with Gasteiger partial charge in [0.1, 0.15) is 0 Å². The van der Waals surface area contributed by atoms with E-state index in [1.807, 2.05) is 7.05 Å². The molecule has 0 aromatic heterocycles. The Hall–Kier alpha value is -1.69. The number of halogens is 2. The molecule has 1 aliphatic rings. The summed E-state index contributed by atoms with van der Waals surface area (Å²) in [5.41, 5.74) is -0.551. The predicted octanol–water partition coefficient (Wildman–Crippen LogP) is 2.19. The van der Waals surface area contributed by atoms with Gasteiger partial charge in [-0.15, -0.1) is 0 Å². The van der Waals surface area contributed by atoms with Gasteiger partial charge in [0.25, 0.3) is 0 Å². The Kier molecular flexibility index (Phi) is 4.23. The van der Waals surface area contributed by atoms with Gasteiger partial charge in [-0.3, -0.25) is 0 Å². The van der Waals surface area contributed by atoms with Crippen molar-refractivity contribution in [2.24, 2.45) is 0 Å². The summed E-state index contributed by atoms with van der Waals surface area (Å²) < 4.78 is 27.6. The Bertz CT molecular complexity index is 522. The number of aromatic carboxylic acids is 1. The van der Waals surface area contributed by atoms with Crippen LogP contribution in [0.5, 0.6) is 0 Å². The molecule has 1 atom stereocenters. The average molecular weight is 284 g/mol. The minimum Gasteiger partial charge on any atom is -0.478 e. The third-order valence-corrected chi connectivity index (χ3v) is 3.86. The summed E-state index contributed by atoms with van der Waals surface area (Å²) in [6, 6.07) is 2.73. The number of carboxylic acid groups (broad SMARTS) is 1. The highest BCUT2D eigenvalue weighted by molar-refractivity contribution is 5.88. The molecular weight excluding hydrogens is 266 g/mol. The Morgan fingerprint density at radius 1 is 1.45 bits per heavy atom. The van der Waals surface area contributed by atoms with Gasteiger partial charge in [-0.25, -0.2) is 13.6 Å². The lowest BCUT2D eigenvalue weighted by Crippen LogP contribution is -2.37. The highest BCUT2D eigenvalue weighted by atomic mass is 19.2. The predicted molar refractivity (Wildman–Crippen MR) is 72.2 cm³/mol. The van der Waals surface area contributed by atoms with E-state index >= 15 is 0 Å². The van der Waals surface area contributed by atoms with Crippen LogP contribution in [0.4, 0.5) is 14.5 Å². The summed E-state index contributed by atoms with van der Waals surface area (Å²) in [5.74, 6) is -3.87. The topological polar surface area (TPSA) is 43.8 Å². The molecule has 1 aromatic rings. The SMILES string of the molecule is CN(CC1CCCN1C)c1ccc(C(=O)O)c(F)c1F. The molecule has 1 N–H and O–H groups in total. The fourth-order valence-electron chi connectivity index (χ4n) is 2.62. The molecule has 6 heteroatoms. The fraction of sp³-hybridized carbons (Fsp3) is 0.500. The van der Waals surface area contributed by atoms with Crippen LogP contribution in [-0.4, -0.2) is 49.2 Å². The molecule has 1 aliphatic heterocycles. The minimum absolute atomic E-state index is 0.0906. The quantitative estimate of drug-likeness (QED) is 0.920. The Morgan fingerprint density at radius 2 is 2.15 bits per heavy atom. The second-order valence-corrected chi connectivity index (χ2v) is 5.22. The number of hydrogen-bond acceptors (Lipinski definition) is 3. The van der Waals surface area contributed by atoms with E-state index in [4.69, 9.17) is 5.11 Å². The van der Waals surface area contributed by atoms with Gasteiger partial charge in [0.15, 0.2) is 11.6 Å². The van der Waals surface area contributed by atoms with Crippen molar-refractivity contribution in [1.29, 1.82) is 0 Å². The average Bonchev–Trinajstić information content (AvgIpc) is 2.77. The van der Waals surface area contributed by atoms with Crippen LogP contribution in [0, 0.1) is 11.6 Å². The highest BCUT2D eigenvalue weighted by Gasteiger charge is 2.25. The fourth-order valence-corrected chi connectivity index (χ4v) is 2.62. The van der Waals surface area contributed by atoms with E-state index in [9.17, 15) is 13.6 Å². The number of carbonyl (C=O) groups is 1. The molecule has 2 rings (SSSR count). The number of carboxylic acids is 1. The second-order valence-electron chi connectivity index (χ2n) is 5.22. The van der Waals surface area contributed by atoms with Crippen molar-refractivity contribution in [1.82, 2.24) is 4.90 Å². The summed E-state index contributed by atoms with van der Waals surface area (Å²) in [5, 5.41) is 8.76. The van der Waals surface area contributed by atoms with Crippen molar-refractivity contribution in [3.05, 3.63) is 29.3 Å². The summed E-state index contributed by atoms with van der Waals surface area (Å²) in [7, 11) is 3.69. The lowest BCUT2D eigenvalue weighted by Gasteiger charge is -2.27. The van der Waals surface area contributed by atoms with Gasteiger partial charge in [-0.05, 0) is 38.6 Å². The third kappa shape index (κ3) is 2.75. The number of anilines is 1. The standard InChI is InChI=1S/C14H18F2N2O2/c1-17-7-3-4-9(17)8-18(2)11-6-5-10(14(19)20)12(15)13(11)16/h5-6,9H,3-4,7-8H2,1-2H3,(H,19,20). The maximum Gasteiger partial charge on any atom is 0.338 e. The molecule has 1 fully saturated rings. The van der Waals surface area contributed by atoms with Crippen LogP contribution in [0.15, 0.2) is 12.1 Å². The van der Waals surface area contributed by atoms with Gasteiger partial charge < -0.3 is 14.9 Å². The van der Waals surface area contributed by atoms with E-state index in [-0.39, 0.29) is 5.69 Å². The number of hydrogen-bond donors (Lipinski definition) is 1. The van der Waals surface area contributed by atoms with Crippen LogP contribution < -0.4 is 4.90 Å². The molecule has 0 amide bonds.